The van der Waals surface area contributed by atoms with Crippen molar-refractivity contribution in [1.82, 2.24) is 10.2 Å². The van der Waals surface area contributed by atoms with Gasteiger partial charge in [0.15, 0.2) is 0 Å². The SMILES string of the molecule is CC(C)C(NC(=O)N1CCC(C(=O)Nc2ccccc2O)CC1)c1ccc(F)cc1. The van der Waals surface area contributed by atoms with Crippen molar-refractivity contribution in [3.05, 3.63) is 59.9 Å². The number of rotatable bonds is 5. The number of para-hydroxylation sites is 2. The summed E-state index contributed by atoms with van der Waals surface area (Å²) in [5.41, 5.74) is 1.25. The minimum atomic E-state index is -0.309. The molecule has 0 aromatic heterocycles. The number of piperidine rings is 1. The number of halogens is 1. The third kappa shape index (κ3) is 5.28. The van der Waals surface area contributed by atoms with Crippen molar-refractivity contribution in [3.63, 3.8) is 0 Å². The van der Waals surface area contributed by atoms with Gasteiger partial charge in [-0.2, -0.15) is 0 Å². The van der Waals surface area contributed by atoms with Gasteiger partial charge in [-0.15, -0.1) is 0 Å². The number of amides is 3. The third-order valence-electron chi connectivity index (χ3n) is 5.49. The Balaban J connectivity index is 1.54. The van der Waals surface area contributed by atoms with Crippen molar-refractivity contribution in [2.75, 3.05) is 18.4 Å². The molecule has 1 aliphatic heterocycles. The van der Waals surface area contributed by atoms with Crippen LogP contribution in [0.25, 0.3) is 0 Å². The number of hydrogen-bond donors (Lipinski definition) is 3. The Morgan fingerprint density at radius 3 is 2.30 bits per heavy atom. The number of carbonyl (C=O) groups is 2. The van der Waals surface area contributed by atoms with Gasteiger partial charge in [0.25, 0.3) is 0 Å². The van der Waals surface area contributed by atoms with Crippen molar-refractivity contribution in [2.45, 2.75) is 32.7 Å². The summed E-state index contributed by atoms with van der Waals surface area (Å²) in [5.74, 6) is -0.504. The molecule has 3 N–H and O–H groups in total. The fourth-order valence-corrected chi connectivity index (χ4v) is 3.69. The molecule has 7 heteroatoms. The van der Waals surface area contributed by atoms with E-state index in [1.54, 1.807) is 35.2 Å². The number of hydrogen-bond acceptors (Lipinski definition) is 3. The number of urea groups is 1. The molecule has 1 unspecified atom stereocenters. The summed E-state index contributed by atoms with van der Waals surface area (Å²) in [6.45, 7) is 4.95. The van der Waals surface area contributed by atoms with E-state index >= 15 is 0 Å². The Kier molecular flexibility index (Phi) is 6.92. The maximum Gasteiger partial charge on any atom is 0.317 e. The maximum atomic E-state index is 13.2. The Bertz CT molecular complexity index is 878. The van der Waals surface area contributed by atoms with E-state index in [0.717, 1.165) is 5.56 Å². The molecule has 1 saturated heterocycles. The molecule has 1 fully saturated rings. The summed E-state index contributed by atoms with van der Waals surface area (Å²) >= 11 is 0. The highest BCUT2D eigenvalue weighted by atomic mass is 19.1. The molecule has 0 bridgehead atoms. The van der Waals surface area contributed by atoms with E-state index in [0.29, 0.717) is 31.6 Å². The first kappa shape index (κ1) is 21.6. The van der Waals surface area contributed by atoms with Gasteiger partial charge in [-0.25, -0.2) is 9.18 Å². The second-order valence-corrected chi connectivity index (χ2v) is 7.99. The van der Waals surface area contributed by atoms with Crippen molar-refractivity contribution in [1.29, 1.82) is 0 Å². The van der Waals surface area contributed by atoms with Crippen LogP contribution in [0.15, 0.2) is 48.5 Å². The molecule has 160 valence electrons. The van der Waals surface area contributed by atoms with E-state index in [1.807, 2.05) is 13.8 Å². The second-order valence-electron chi connectivity index (χ2n) is 7.99. The van der Waals surface area contributed by atoms with Crippen molar-refractivity contribution in [3.8, 4) is 5.75 Å². The predicted octanol–water partition coefficient (Wildman–Crippen LogP) is 4.29. The molecule has 0 spiro atoms. The minimum absolute atomic E-state index is 0.0307. The molecule has 1 aliphatic rings. The number of phenols is 1. The molecule has 2 aromatic rings. The molecule has 3 amide bonds. The summed E-state index contributed by atoms with van der Waals surface area (Å²) in [6.07, 6.45) is 1.10. The fraction of sp³-hybridized carbons (Fsp3) is 0.391. The zero-order chi connectivity index (χ0) is 21.7. The van der Waals surface area contributed by atoms with Crippen molar-refractivity contribution in [2.24, 2.45) is 11.8 Å². The summed E-state index contributed by atoms with van der Waals surface area (Å²) in [5, 5.41) is 15.6. The highest BCUT2D eigenvalue weighted by Gasteiger charge is 2.29. The average Bonchev–Trinajstić information content (AvgIpc) is 2.74. The normalized spacial score (nSPS) is 15.7. The van der Waals surface area contributed by atoms with Crippen LogP contribution in [0.3, 0.4) is 0 Å². The number of likely N-dealkylation sites (tertiary alicyclic amines) is 1. The Labute approximate surface area is 176 Å². The molecule has 30 heavy (non-hydrogen) atoms. The summed E-state index contributed by atoms with van der Waals surface area (Å²) in [7, 11) is 0. The lowest BCUT2D eigenvalue weighted by molar-refractivity contribution is -0.121. The molecule has 3 rings (SSSR count). The summed E-state index contributed by atoms with van der Waals surface area (Å²) < 4.78 is 13.2. The predicted molar refractivity (Wildman–Crippen MR) is 114 cm³/mol. The van der Waals surface area contributed by atoms with Crippen molar-refractivity contribution >= 4 is 17.6 Å². The number of carbonyl (C=O) groups excluding carboxylic acids is 2. The topological polar surface area (TPSA) is 81.7 Å². The Morgan fingerprint density at radius 2 is 1.70 bits per heavy atom. The van der Waals surface area contributed by atoms with E-state index < -0.39 is 0 Å². The van der Waals surface area contributed by atoms with E-state index in [1.165, 1.54) is 18.2 Å². The van der Waals surface area contributed by atoms with Crippen molar-refractivity contribution < 1.29 is 19.1 Å². The number of nitrogens with zero attached hydrogens (tertiary/aromatic N) is 1. The van der Waals surface area contributed by atoms with Gasteiger partial charge in [0, 0.05) is 19.0 Å². The van der Waals surface area contributed by atoms with Crippen LogP contribution in [-0.2, 0) is 4.79 Å². The van der Waals surface area contributed by atoms with E-state index in [2.05, 4.69) is 10.6 Å². The number of anilines is 1. The van der Waals surface area contributed by atoms with Gasteiger partial charge in [0.1, 0.15) is 11.6 Å². The molecule has 1 atom stereocenters. The van der Waals surface area contributed by atoms with E-state index in [-0.39, 0.29) is 41.4 Å². The average molecular weight is 413 g/mol. The first-order valence-corrected chi connectivity index (χ1v) is 10.2. The largest absolute Gasteiger partial charge is 0.506 e. The molecular formula is C23H28FN3O3. The minimum Gasteiger partial charge on any atom is -0.506 e. The van der Waals surface area contributed by atoms with Crippen LogP contribution in [0.5, 0.6) is 5.75 Å². The van der Waals surface area contributed by atoms with E-state index in [9.17, 15) is 19.1 Å². The molecular weight excluding hydrogens is 385 g/mol. The summed E-state index contributed by atoms with van der Waals surface area (Å²) in [6, 6.07) is 12.4. The smallest absolute Gasteiger partial charge is 0.317 e. The lowest BCUT2D eigenvalue weighted by Crippen LogP contribution is -2.47. The highest BCUT2D eigenvalue weighted by Crippen LogP contribution is 2.26. The molecule has 0 aliphatic carbocycles. The zero-order valence-corrected chi connectivity index (χ0v) is 17.3. The van der Waals surface area contributed by atoms with Crippen LogP contribution in [0.2, 0.25) is 0 Å². The van der Waals surface area contributed by atoms with Gasteiger partial charge in [-0.1, -0.05) is 38.1 Å². The number of aromatic hydroxyl groups is 1. The number of benzene rings is 2. The molecule has 2 aromatic carbocycles. The third-order valence-corrected chi connectivity index (χ3v) is 5.49. The van der Waals surface area contributed by atoms with Crippen LogP contribution in [0.1, 0.15) is 38.3 Å². The van der Waals surface area contributed by atoms with Gasteiger partial charge in [0.2, 0.25) is 5.91 Å². The van der Waals surface area contributed by atoms with Crippen LogP contribution in [0.4, 0.5) is 14.9 Å². The van der Waals surface area contributed by atoms with Gasteiger partial charge in [-0.05, 0) is 48.6 Å². The number of nitrogens with one attached hydrogen (secondary N) is 2. The zero-order valence-electron chi connectivity index (χ0n) is 17.3. The quantitative estimate of drug-likeness (QED) is 0.640. The highest BCUT2D eigenvalue weighted by molar-refractivity contribution is 5.94. The van der Waals surface area contributed by atoms with Crippen LogP contribution >= 0.6 is 0 Å². The van der Waals surface area contributed by atoms with Crippen LogP contribution < -0.4 is 10.6 Å². The fourth-order valence-electron chi connectivity index (χ4n) is 3.69. The second kappa shape index (κ2) is 9.61. The Hall–Kier alpha value is -3.09. The first-order valence-electron chi connectivity index (χ1n) is 10.2. The number of phenolic OH excluding ortho intramolecular Hbond substituents is 1. The molecule has 6 nitrogen and oxygen atoms in total. The van der Waals surface area contributed by atoms with Crippen LogP contribution in [0, 0.1) is 17.7 Å². The van der Waals surface area contributed by atoms with Gasteiger partial charge < -0.3 is 20.6 Å². The molecule has 0 radical (unpaired) electrons. The Morgan fingerprint density at radius 1 is 1.07 bits per heavy atom. The van der Waals surface area contributed by atoms with Crippen LogP contribution in [-0.4, -0.2) is 35.0 Å². The first-order chi connectivity index (χ1) is 14.3. The van der Waals surface area contributed by atoms with Gasteiger partial charge >= 0.3 is 6.03 Å². The van der Waals surface area contributed by atoms with E-state index in [4.69, 9.17) is 0 Å². The van der Waals surface area contributed by atoms with Gasteiger partial charge in [-0.3, -0.25) is 4.79 Å². The lowest BCUT2D eigenvalue weighted by atomic mass is 9.95. The molecule has 1 heterocycles. The maximum absolute atomic E-state index is 13.2. The standard InChI is InChI=1S/C23H28FN3O3/c1-15(2)21(16-7-9-18(24)10-8-16)26-23(30)27-13-11-17(12-14-27)22(29)25-19-5-3-4-6-20(19)28/h3-10,15,17,21,28H,11-14H2,1-2H3,(H,25,29)(H,26,30). The lowest BCUT2D eigenvalue weighted by Gasteiger charge is -2.33. The summed E-state index contributed by atoms with van der Waals surface area (Å²) in [4.78, 5) is 27.0. The molecule has 0 saturated carbocycles. The van der Waals surface area contributed by atoms with Gasteiger partial charge in [0.05, 0.1) is 11.7 Å². The monoisotopic (exact) mass is 413 g/mol.